The van der Waals surface area contributed by atoms with E-state index in [0.717, 1.165) is 11.6 Å². The number of rotatable bonds is 6. The van der Waals surface area contributed by atoms with Gasteiger partial charge in [-0.15, -0.1) is 0 Å². The second-order valence-electron chi connectivity index (χ2n) is 6.28. The van der Waals surface area contributed by atoms with E-state index in [4.69, 9.17) is 16.3 Å². The fourth-order valence-corrected chi connectivity index (χ4v) is 4.09. The van der Waals surface area contributed by atoms with Gasteiger partial charge in [0.25, 0.3) is 0 Å². The summed E-state index contributed by atoms with van der Waals surface area (Å²) in [6.45, 7) is 0.874. The molecule has 0 spiro atoms. The van der Waals surface area contributed by atoms with Gasteiger partial charge in [-0.3, -0.25) is 4.79 Å². The lowest BCUT2D eigenvalue weighted by Gasteiger charge is -2.11. The van der Waals surface area contributed by atoms with E-state index >= 15 is 0 Å². The van der Waals surface area contributed by atoms with E-state index < -0.39 is 44.2 Å². The van der Waals surface area contributed by atoms with Crippen molar-refractivity contribution in [2.75, 3.05) is 6.54 Å². The molecule has 0 amide bonds. The first-order chi connectivity index (χ1) is 14.0. The van der Waals surface area contributed by atoms with Crippen LogP contribution in [0, 0.1) is 6.92 Å². The van der Waals surface area contributed by atoms with E-state index in [1.807, 2.05) is 23.8 Å². The number of halogens is 4. The van der Waals surface area contributed by atoms with Gasteiger partial charge in [0.2, 0.25) is 10.0 Å². The molecular weight excluding hydrogens is 447 g/mol. The van der Waals surface area contributed by atoms with E-state index in [1.54, 1.807) is 16.8 Å². The van der Waals surface area contributed by atoms with Gasteiger partial charge in [0, 0.05) is 12.4 Å². The third-order valence-electron chi connectivity index (χ3n) is 4.06. The molecule has 2 heterocycles. The van der Waals surface area contributed by atoms with Crippen molar-refractivity contribution in [1.82, 2.24) is 14.1 Å². The summed E-state index contributed by atoms with van der Waals surface area (Å²) < 4.78 is 71.7. The first-order valence-corrected chi connectivity index (χ1v) is 10.3. The number of hydrogen-bond donors (Lipinski definition) is 1. The molecule has 30 heavy (non-hydrogen) atoms. The number of imidazole rings is 1. The largest absolute Gasteiger partial charge is 0.458 e. The van der Waals surface area contributed by atoms with Gasteiger partial charge >= 0.3 is 12.1 Å². The lowest BCUT2D eigenvalue weighted by Crippen LogP contribution is -2.31. The van der Waals surface area contributed by atoms with Crippen LogP contribution in [0.25, 0.3) is 5.65 Å². The Bertz CT molecular complexity index is 1210. The Labute approximate surface area is 174 Å². The predicted molar refractivity (Wildman–Crippen MR) is 101 cm³/mol. The van der Waals surface area contributed by atoms with Crippen LogP contribution in [0.2, 0.25) is 5.02 Å². The highest BCUT2D eigenvalue weighted by molar-refractivity contribution is 7.89. The van der Waals surface area contributed by atoms with Crippen LogP contribution < -0.4 is 4.72 Å². The van der Waals surface area contributed by atoms with Crippen molar-refractivity contribution in [3.05, 3.63) is 64.6 Å². The van der Waals surface area contributed by atoms with Gasteiger partial charge in [-0.1, -0.05) is 17.7 Å². The van der Waals surface area contributed by atoms with E-state index in [2.05, 4.69) is 4.98 Å². The van der Waals surface area contributed by atoms with Crippen LogP contribution in [0.3, 0.4) is 0 Å². The summed E-state index contributed by atoms with van der Waals surface area (Å²) in [7, 11) is -4.48. The molecule has 3 aromatic rings. The lowest BCUT2D eigenvalue weighted by molar-refractivity contribution is -0.143. The molecule has 0 radical (unpaired) electrons. The van der Waals surface area contributed by atoms with Gasteiger partial charge in [-0.25, -0.2) is 13.4 Å². The molecule has 0 fully saturated rings. The number of ether oxygens (including phenoxy) is 1. The summed E-state index contributed by atoms with van der Waals surface area (Å²) in [5.74, 6) is -0.935. The first-order valence-electron chi connectivity index (χ1n) is 8.42. The van der Waals surface area contributed by atoms with Crippen molar-refractivity contribution in [3.8, 4) is 0 Å². The van der Waals surface area contributed by atoms with Crippen LogP contribution in [-0.2, 0) is 32.3 Å². The molecule has 2 aromatic heterocycles. The van der Waals surface area contributed by atoms with E-state index in [9.17, 15) is 26.4 Å². The average Bonchev–Trinajstić information content (AvgIpc) is 3.08. The number of esters is 1. The molecule has 7 nitrogen and oxygen atoms in total. The highest BCUT2D eigenvalue weighted by atomic mass is 35.5. The van der Waals surface area contributed by atoms with Crippen molar-refractivity contribution >= 4 is 33.2 Å². The maximum atomic E-state index is 12.8. The molecule has 0 aliphatic heterocycles. The molecule has 0 aliphatic rings. The number of sulfonamides is 1. The van der Waals surface area contributed by atoms with Gasteiger partial charge in [0.05, 0.1) is 16.3 Å². The van der Waals surface area contributed by atoms with Crippen molar-refractivity contribution < 1.29 is 31.1 Å². The van der Waals surface area contributed by atoms with Crippen LogP contribution in [0.1, 0.15) is 16.8 Å². The van der Waals surface area contributed by atoms with Gasteiger partial charge in [-0.05, 0) is 36.8 Å². The molecule has 1 aromatic carbocycles. The van der Waals surface area contributed by atoms with Gasteiger partial charge in [0.1, 0.15) is 23.7 Å². The maximum Gasteiger partial charge on any atom is 0.416 e. The monoisotopic (exact) mass is 461 g/mol. The Hall–Kier alpha value is -2.63. The van der Waals surface area contributed by atoms with Crippen LogP contribution in [0.5, 0.6) is 0 Å². The number of carbonyl (C=O) groups is 1. The smallest absolute Gasteiger partial charge is 0.416 e. The number of fused-ring (bicyclic) bond motifs is 1. The molecule has 3 rings (SSSR count). The summed E-state index contributed by atoms with van der Waals surface area (Å²) in [5.41, 5.74) is 0.864. The molecule has 12 heteroatoms. The Kier molecular flexibility index (Phi) is 6.06. The fourth-order valence-electron chi connectivity index (χ4n) is 2.60. The third kappa shape index (κ3) is 4.91. The van der Waals surface area contributed by atoms with E-state index in [0.29, 0.717) is 23.5 Å². The van der Waals surface area contributed by atoms with E-state index in [1.165, 1.54) is 0 Å². The summed E-state index contributed by atoms with van der Waals surface area (Å²) in [5, 5.41) is -0.413. The lowest BCUT2D eigenvalue weighted by atomic mass is 10.2. The first kappa shape index (κ1) is 22.1. The number of alkyl halides is 3. The minimum absolute atomic E-state index is 0.202. The Morgan fingerprint density at radius 3 is 2.70 bits per heavy atom. The summed E-state index contributed by atoms with van der Waals surface area (Å²) >= 11 is 5.73. The van der Waals surface area contributed by atoms with Gasteiger partial charge in [-0.2, -0.15) is 17.9 Å². The number of carbonyl (C=O) groups excluding carboxylic acids is 1. The van der Waals surface area contributed by atoms with Crippen molar-refractivity contribution in [2.45, 2.75) is 24.6 Å². The summed E-state index contributed by atoms with van der Waals surface area (Å²) in [4.78, 5) is 15.4. The third-order valence-corrected chi connectivity index (χ3v) is 5.95. The molecular formula is C18H15ClF3N3O4S. The zero-order valence-electron chi connectivity index (χ0n) is 15.4. The number of hydrogen-bond acceptors (Lipinski definition) is 5. The fraction of sp³-hybridized carbons (Fsp3) is 0.222. The highest BCUT2D eigenvalue weighted by Gasteiger charge is 2.32. The number of pyridine rings is 1. The van der Waals surface area contributed by atoms with Gasteiger partial charge < -0.3 is 9.14 Å². The van der Waals surface area contributed by atoms with Crippen LogP contribution in [-0.4, -0.2) is 30.3 Å². The SMILES string of the molecule is Cc1cccn2cc(COC(=O)CNS(=O)(=O)c3cc(C(F)(F)F)ccc3Cl)nc12. The Balaban J connectivity index is 1.64. The molecule has 160 valence electrons. The highest BCUT2D eigenvalue weighted by Crippen LogP contribution is 2.33. The zero-order chi connectivity index (χ0) is 22.1. The molecule has 0 aliphatic carbocycles. The molecule has 0 saturated carbocycles. The summed E-state index contributed by atoms with van der Waals surface area (Å²) in [6.07, 6.45) is -1.32. The van der Waals surface area contributed by atoms with Crippen LogP contribution in [0.15, 0.2) is 47.6 Å². The minimum Gasteiger partial charge on any atom is -0.458 e. The number of benzene rings is 1. The predicted octanol–water partition coefficient (Wildman–Crippen LogP) is 3.34. The van der Waals surface area contributed by atoms with Crippen LogP contribution in [0.4, 0.5) is 13.2 Å². The summed E-state index contributed by atoms with van der Waals surface area (Å²) in [6, 6.07) is 5.57. The normalized spacial score (nSPS) is 12.3. The standard InChI is InChI=1S/C18H15ClF3N3O4S/c1-11-3-2-6-25-9-13(24-17(11)25)10-29-16(26)8-23-30(27,28)15-7-12(18(20,21)22)4-5-14(15)19/h2-7,9,23H,8,10H2,1H3. The molecule has 0 atom stereocenters. The quantitative estimate of drug-likeness (QED) is 0.569. The topological polar surface area (TPSA) is 89.8 Å². The van der Waals surface area contributed by atoms with Crippen molar-refractivity contribution in [1.29, 1.82) is 0 Å². The number of nitrogens with zero attached hydrogens (tertiary/aromatic N) is 2. The number of aryl methyl sites for hydroxylation is 1. The van der Waals surface area contributed by atoms with Gasteiger partial charge in [0.15, 0.2) is 0 Å². The van der Waals surface area contributed by atoms with E-state index in [-0.39, 0.29) is 6.61 Å². The molecule has 0 saturated heterocycles. The van der Waals surface area contributed by atoms with Crippen molar-refractivity contribution in [2.24, 2.45) is 0 Å². The number of aromatic nitrogens is 2. The Morgan fingerprint density at radius 1 is 1.30 bits per heavy atom. The second-order valence-corrected chi connectivity index (χ2v) is 8.43. The minimum atomic E-state index is -4.75. The van der Waals surface area contributed by atoms with Crippen molar-refractivity contribution in [3.63, 3.8) is 0 Å². The number of nitrogens with one attached hydrogen (secondary N) is 1. The second kappa shape index (κ2) is 8.25. The maximum absolute atomic E-state index is 12.8. The average molecular weight is 462 g/mol. The zero-order valence-corrected chi connectivity index (χ0v) is 17.0. The molecule has 0 bridgehead atoms. The molecule has 1 N–H and O–H groups in total. The Morgan fingerprint density at radius 2 is 2.03 bits per heavy atom. The van der Waals surface area contributed by atoms with Crippen LogP contribution >= 0.6 is 11.6 Å². The molecule has 0 unspecified atom stereocenters.